The van der Waals surface area contributed by atoms with Crippen molar-refractivity contribution < 1.29 is 9.59 Å². The molecule has 3 aliphatic heterocycles. The normalized spacial score (nSPS) is 30.0. The fourth-order valence-corrected chi connectivity index (χ4v) is 4.64. The number of carbonyl (C=O) groups is 2. The van der Waals surface area contributed by atoms with Crippen LogP contribution < -0.4 is 0 Å². The second-order valence-corrected chi connectivity index (χ2v) is 7.26. The average molecular weight is 321 g/mol. The summed E-state index contributed by atoms with van der Waals surface area (Å²) in [6.45, 7) is 6.40. The van der Waals surface area contributed by atoms with Crippen molar-refractivity contribution in [1.82, 2.24) is 14.7 Å². The zero-order valence-electron chi connectivity index (χ0n) is 14.5. The maximum Gasteiger partial charge on any atom is 0.242 e. The lowest BCUT2D eigenvalue weighted by Crippen LogP contribution is -2.51. The van der Waals surface area contributed by atoms with Gasteiger partial charge >= 0.3 is 0 Å². The molecule has 2 atom stereocenters. The minimum atomic E-state index is 0.169. The van der Waals surface area contributed by atoms with Crippen LogP contribution in [0.3, 0.4) is 0 Å². The molecule has 0 N–H and O–H groups in total. The molecule has 130 valence electrons. The summed E-state index contributed by atoms with van der Waals surface area (Å²) in [4.78, 5) is 31.4. The van der Waals surface area contributed by atoms with Crippen LogP contribution in [-0.4, -0.2) is 71.3 Å². The van der Waals surface area contributed by atoms with Crippen LogP contribution in [0.4, 0.5) is 0 Å². The Kier molecular flexibility index (Phi) is 5.57. The van der Waals surface area contributed by atoms with E-state index in [-0.39, 0.29) is 11.8 Å². The highest BCUT2D eigenvalue weighted by Crippen LogP contribution is 2.30. The molecule has 23 heavy (non-hydrogen) atoms. The molecular formula is C18H31N3O2. The zero-order chi connectivity index (χ0) is 16.2. The molecule has 5 heteroatoms. The molecule has 3 heterocycles. The molecule has 0 radical (unpaired) electrons. The summed E-state index contributed by atoms with van der Waals surface area (Å²) < 4.78 is 0. The maximum absolute atomic E-state index is 12.8. The zero-order valence-corrected chi connectivity index (χ0v) is 14.5. The first-order valence-electron chi connectivity index (χ1n) is 9.52. The summed E-state index contributed by atoms with van der Waals surface area (Å²) in [5, 5.41) is 0. The van der Waals surface area contributed by atoms with Gasteiger partial charge in [-0.3, -0.25) is 14.5 Å². The number of likely N-dealkylation sites (N-methyl/N-ethyl adjacent to an activating group) is 1. The molecule has 3 aliphatic rings. The van der Waals surface area contributed by atoms with Crippen LogP contribution >= 0.6 is 0 Å². The minimum Gasteiger partial charge on any atom is -0.337 e. The van der Waals surface area contributed by atoms with Crippen molar-refractivity contribution in [3.8, 4) is 0 Å². The Morgan fingerprint density at radius 2 is 1.78 bits per heavy atom. The molecule has 0 spiro atoms. The molecule has 2 amide bonds. The lowest BCUT2D eigenvalue weighted by molar-refractivity contribution is -0.141. The van der Waals surface area contributed by atoms with E-state index in [1.807, 2.05) is 0 Å². The Morgan fingerprint density at radius 3 is 2.61 bits per heavy atom. The largest absolute Gasteiger partial charge is 0.337 e. The van der Waals surface area contributed by atoms with Crippen LogP contribution in [0.15, 0.2) is 0 Å². The number of likely N-dealkylation sites (tertiary alicyclic amines) is 3. The number of hydrogen-bond acceptors (Lipinski definition) is 3. The maximum atomic E-state index is 12.8. The Bertz CT molecular complexity index is 440. The molecular weight excluding hydrogens is 290 g/mol. The second-order valence-electron chi connectivity index (χ2n) is 7.26. The van der Waals surface area contributed by atoms with E-state index in [0.717, 1.165) is 51.7 Å². The third-order valence-corrected chi connectivity index (χ3v) is 5.88. The summed E-state index contributed by atoms with van der Waals surface area (Å²) in [7, 11) is 0. The van der Waals surface area contributed by atoms with E-state index in [4.69, 9.17) is 0 Å². The molecule has 0 saturated carbocycles. The molecule has 0 aliphatic carbocycles. The first-order chi connectivity index (χ1) is 11.2. The van der Waals surface area contributed by atoms with Gasteiger partial charge in [-0.15, -0.1) is 0 Å². The number of nitrogens with zero attached hydrogens (tertiary/aromatic N) is 3. The van der Waals surface area contributed by atoms with Gasteiger partial charge in [0.15, 0.2) is 0 Å². The highest BCUT2D eigenvalue weighted by molar-refractivity contribution is 5.85. The van der Waals surface area contributed by atoms with E-state index in [0.29, 0.717) is 25.0 Å². The van der Waals surface area contributed by atoms with E-state index < -0.39 is 0 Å². The van der Waals surface area contributed by atoms with E-state index in [9.17, 15) is 9.59 Å². The number of hydrogen-bond donors (Lipinski definition) is 0. The molecule has 5 nitrogen and oxygen atoms in total. The van der Waals surface area contributed by atoms with Gasteiger partial charge in [0.25, 0.3) is 0 Å². The van der Waals surface area contributed by atoms with Crippen LogP contribution in [0.1, 0.15) is 58.3 Å². The van der Waals surface area contributed by atoms with Gasteiger partial charge in [0, 0.05) is 31.6 Å². The van der Waals surface area contributed by atoms with Gasteiger partial charge in [-0.2, -0.15) is 0 Å². The Balaban J connectivity index is 1.62. The summed E-state index contributed by atoms with van der Waals surface area (Å²) in [6.07, 6.45) is 8.43. The average Bonchev–Trinajstić information content (AvgIpc) is 3.16. The lowest BCUT2D eigenvalue weighted by atomic mass is 10.0. The number of rotatable bonds is 4. The Morgan fingerprint density at radius 1 is 1.00 bits per heavy atom. The third-order valence-electron chi connectivity index (χ3n) is 5.88. The first-order valence-corrected chi connectivity index (χ1v) is 9.52. The SMILES string of the molecule is CCN1CCC[C@H]1[C@H]1CCCN1C(=O)CN1CCCCCC1=O. The van der Waals surface area contributed by atoms with Crippen molar-refractivity contribution in [2.45, 2.75) is 70.4 Å². The molecule has 3 saturated heterocycles. The molecule has 0 unspecified atom stereocenters. The van der Waals surface area contributed by atoms with Crippen LogP contribution in [0.25, 0.3) is 0 Å². The summed E-state index contributed by atoms with van der Waals surface area (Å²) >= 11 is 0. The highest BCUT2D eigenvalue weighted by atomic mass is 16.2. The fourth-order valence-electron chi connectivity index (χ4n) is 4.64. The van der Waals surface area contributed by atoms with E-state index in [1.165, 1.54) is 19.4 Å². The van der Waals surface area contributed by atoms with Crippen molar-refractivity contribution >= 4 is 11.8 Å². The molecule has 3 fully saturated rings. The molecule has 3 rings (SSSR count). The van der Waals surface area contributed by atoms with E-state index >= 15 is 0 Å². The van der Waals surface area contributed by atoms with E-state index in [2.05, 4.69) is 16.7 Å². The van der Waals surface area contributed by atoms with Crippen molar-refractivity contribution in [3.63, 3.8) is 0 Å². The predicted molar refractivity (Wildman–Crippen MR) is 90.1 cm³/mol. The van der Waals surface area contributed by atoms with Gasteiger partial charge < -0.3 is 9.80 Å². The molecule has 0 aromatic rings. The topological polar surface area (TPSA) is 43.9 Å². The van der Waals surface area contributed by atoms with Crippen LogP contribution in [-0.2, 0) is 9.59 Å². The number of carbonyl (C=O) groups excluding carboxylic acids is 2. The lowest BCUT2D eigenvalue weighted by Gasteiger charge is -2.35. The van der Waals surface area contributed by atoms with Crippen LogP contribution in [0.5, 0.6) is 0 Å². The Labute approximate surface area is 140 Å². The smallest absolute Gasteiger partial charge is 0.242 e. The molecule has 0 aromatic heterocycles. The van der Waals surface area contributed by atoms with Crippen LogP contribution in [0.2, 0.25) is 0 Å². The van der Waals surface area contributed by atoms with Crippen molar-refractivity contribution in [3.05, 3.63) is 0 Å². The first kappa shape index (κ1) is 16.7. The quantitative estimate of drug-likeness (QED) is 0.794. The minimum absolute atomic E-state index is 0.169. The van der Waals surface area contributed by atoms with Crippen molar-refractivity contribution in [1.29, 1.82) is 0 Å². The monoisotopic (exact) mass is 321 g/mol. The fraction of sp³-hybridized carbons (Fsp3) is 0.889. The van der Waals surface area contributed by atoms with Crippen molar-refractivity contribution in [2.75, 3.05) is 32.7 Å². The van der Waals surface area contributed by atoms with E-state index in [1.54, 1.807) is 4.90 Å². The van der Waals surface area contributed by atoms with Gasteiger partial charge in [-0.1, -0.05) is 13.3 Å². The van der Waals surface area contributed by atoms with Gasteiger partial charge in [0.2, 0.25) is 11.8 Å². The summed E-state index contributed by atoms with van der Waals surface area (Å²) in [5.41, 5.74) is 0. The predicted octanol–water partition coefficient (Wildman–Crippen LogP) is 1.86. The standard InChI is InChI=1S/C18H31N3O2/c1-2-19-12-6-8-15(19)16-9-7-13-21(16)18(23)14-20-11-5-3-4-10-17(20)22/h15-16H,2-14H2,1H3/t15-,16+/m0/s1. The highest BCUT2D eigenvalue weighted by Gasteiger charge is 2.39. The van der Waals surface area contributed by atoms with Crippen molar-refractivity contribution in [2.24, 2.45) is 0 Å². The van der Waals surface area contributed by atoms with Gasteiger partial charge in [-0.05, 0) is 51.6 Å². The molecule has 0 aromatic carbocycles. The number of amides is 2. The van der Waals surface area contributed by atoms with Gasteiger partial charge in [0.1, 0.15) is 0 Å². The van der Waals surface area contributed by atoms with Crippen LogP contribution in [0, 0.1) is 0 Å². The van der Waals surface area contributed by atoms with Gasteiger partial charge in [0.05, 0.1) is 6.54 Å². The summed E-state index contributed by atoms with van der Waals surface area (Å²) in [5.74, 6) is 0.341. The summed E-state index contributed by atoms with van der Waals surface area (Å²) in [6, 6.07) is 0.901. The third kappa shape index (κ3) is 3.70. The second kappa shape index (κ2) is 7.65. The molecule has 0 bridgehead atoms. The Hall–Kier alpha value is -1.10. The van der Waals surface area contributed by atoms with Gasteiger partial charge in [-0.25, -0.2) is 0 Å².